The smallest absolute Gasteiger partial charge is 0.290 e. The molecule has 4 heterocycles. The topological polar surface area (TPSA) is 63.0 Å². The standard InChI is InChI=1S/C19H17ClN2O4/c20-13-4-2-1-3-12(13)14-5-6-15(26-14)18(24)21-8-7-19-16(21)11-17(23)22(19)9-10-25-19/h1-6,16H,7-11H2/t16-,19+/m1/s1. The Kier molecular flexibility index (Phi) is 3.42. The van der Waals surface area contributed by atoms with E-state index in [1.807, 2.05) is 18.2 Å². The molecule has 5 rings (SSSR count). The molecule has 0 aliphatic carbocycles. The maximum Gasteiger partial charge on any atom is 0.290 e. The summed E-state index contributed by atoms with van der Waals surface area (Å²) >= 11 is 6.21. The summed E-state index contributed by atoms with van der Waals surface area (Å²) in [4.78, 5) is 28.8. The van der Waals surface area contributed by atoms with Crippen molar-refractivity contribution in [1.82, 2.24) is 9.80 Å². The molecule has 0 N–H and O–H groups in total. The summed E-state index contributed by atoms with van der Waals surface area (Å²) in [5.74, 6) is 0.645. The molecule has 2 amide bonds. The number of hydrogen-bond acceptors (Lipinski definition) is 4. The summed E-state index contributed by atoms with van der Waals surface area (Å²) in [7, 11) is 0. The fraction of sp³-hybridized carbons (Fsp3) is 0.368. The Balaban J connectivity index is 1.43. The van der Waals surface area contributed by atoms with E-state index in [4.69, 9.17) is 20.8 Å². The average molecular weight is 373 g/mol. The van der Waals surface area contributed by atoms with Crippen molar-refractivity contribution in [1.29, 1.82) is 0 Å². The average Bonchev–Trinajstić information content (AvgIpc) is 3.38. The van der Waals surface area contributed by atoms with Gasteiger partial charge in [0.1, 0.15) is 5.76 Å². The lowest BCUT2D eigenvalue weighted by Crippen LogP contribution is -2.48. The molecule has 3 saturated heterocycles. The van der Waals surface area contributed by atoms with Crippen molar-refractivity contribution in [3.63, 3.8) is 0 Å². The van der Waals surface area contributed by atoms with Gasteiger partial charge < -0.3 is 19.0 Å². The second-order valence-electron chi connectivity index (χ2n) is 6.85. The first-order chi connectivity index (χ1) is 12.6. The van der Waals surface area contributed by atoms with E-state index in [1.54, 1.807) is 28.0 Å². The highest BCUT2D eigenvalue weighted by Crippen LogP contribution is 2.46. The first-order valence-corrected chi connectivity index (χ1v) is 9.08. The van der Waals surface area contributed by atoms with Gasteiger partial charge in [-0.25, -0.2) is 0 Å². The van der Waals surface area contributed by atoms with Crippen molar-refractivity contribution < 1.29 is 18.7 Å². The number of amides is 2. The van der Waals surface area contributed by atoms with Crippen molar-refractivity contribution >= 4 is 23.4 Å². The summed E-state index contributed by atoms with van der Waals surface area (Å²) in [6.45, 7) is 1.69. The van der Waals surface area contributed by atoms with E-state index in [0.717, 1.165) is 5.56 Å². The number of furan rings is 1. The summed E-state index contributed by atoms with van der Waals surface area (Å²) in [6.07, 6.45) is 0.955. The zero-order valence-corrected chi connectivity index (χ0v) is 14.7. The van der Waals surface area contributed by atoms with Crippen LogP contribution in [-0.2, 0) is 9.53 Å². The maximum atomic E-state index is 13.0. The van der Waals surface area contributed by atoms with E-state index in [2.05, 4.69) is 0 Å². The Morgan fingerprint density at radius 2 is 2.04 bits per heavy atom. The van der Waals surface area contributed by atoms with Gasteiger partial charge in [-0.05, 0) is 24.3 Å². The number of benzene rings is 1. The molecule has 6 nitrogen and oxygen atoms in total. The third kappa shape index (κ3) is 2.09. The summed E-state index contributed by atoms with van der Waals surface area (Å²) in [5, 5.41) is 0.567. The molecule has 2 atom stereocenters. The normalized spacial score (nSPS) is 27.1. The minimum absolute atomic E-state index is 0.0567. The maximum absolute atomic E-state index is 13.0. The molecule has 3 aliphatic rings. The number of ether oxygens (including phenoxy) is 1. The molecule has 1 spiro atoms. The number of halogens is 1. The van der Waals surface area contributed by atoms with Gasteiger partial charge in [-0.1, -0.05) is 23.7 Å². The Hall–Kier alpha value is -2.31. The van der Waals surface area contributed by atoms with Gasteiger partial charge in [0.05, 0.1) is 24.1 Å². The van der Waals surface area contributed by atoms with Crippen LogP contribution >= 0.6 is 11.6 Å². The first kappa shape index (κ1) is 15.9. The van der Waals surface area contributed by atoms with Gasteiger partial charge in [0.15, 0.2) is 11.5 Å². The van der Waals surface area contributed by atoms with E-state index in [9.17, 15) is 9.59 Å². The number of rotatable bonds is 2. The van der Waals surface area contributed by atoms with Crippen LogP contribution in [0.5, 0.6) is 0 Å². The Morgan fingerprint density at radius 1 is 1.19 bits per heavy atom. The van der Waals surface area contributed by atoms with Gasteiger partial charge >= 0.3 is 0 Å². The summed E-state index contributed by atoms with van der Waals surface area (Å²) < 4.78 is 11.7. The first-order valence-electron chi connectivity index (χ1n) is 8.70. The number of carbonyl (C=O) groups excluding carboxylic acids is 2. The predicted molar refractivity (Wildman–Crippen MR) is 93.6 cm³/mol. The van der Waals surface area contributed by atoms with E-state index >= 15 is 0 Å². The molecule has 0 saturated carbocycles. The summed E-state index contributed by atoms with van der Waals surface area (Å²) in [6, 6.07) is 10.5. The van der Waals surface area contributed by atoms with Crippen molar-refractivity contribution in [2.45, 2.75) is 24.6 Å². The third-order valence-corrected chi connectivity index (χ3v) is 5.95. The predicted octanol–water partition coefficient (Wildman–Crippen LogP) is 2.77. The van der Waals surface area contributed by atoms with Crippen LogP contribution in [0.25, 0.3) is 11.3 Å². The van der Waals surface area contributed by atoms with Crippen LogP contribution in [-0.4, -0.2) is 53.1 Å². The van der Waals surface area contributed by atoms with Gasteiger partial charge in [-0.2, -0.15) is 0 Å². The molecule has 3 fully saturated rings. The van der Waals surface area contributed by atoms with Crippen molar-refractivity contribution in [3.05, 3.63) is 47.2 Å². The van der Waals surface area contributed by atoms with Gasteiger partial charge in [-0.15, -0.1) is 0 Å². The molecule has 1 aromatic heterocycles. The Labute approximate surface area is 155 Å². The zero-order valence-electron chi connectivity index (χ0n) is 14.0. The highest BCUT2D eigenvalue weighted by molar-refractivity contribution is 6.33. The van der Waals surface area contributed by atoms with Crippen molar-refractivity contribution in [2.24, 2.45) is 0 Å². The second-order valence-corrected chi connectivity index (χ2v) is 7.26. The van der Waals surface area contributed by atoms with E-state index in [0.29, 0.717) is 43.3 Å². The Morgan fingerprint density at radius 3 is 2.88 bits per heavy atom. The highest BCUT2D eigenvalue weighted by atomic mass is 35.5. The number of hydrogen-bond donors (Lipinski definition) is 0. The van der Waals surface area contributed by atoms with Crippen molar-refractivity contribution in [3.8, 4) is 11.3 Å². The van der Waals surface area contributed by atoms with Crippen molar-refractivity contribution in [2.75, 3.05) is 19.7 Å². The lowest BCUT2D eigenvalue weighted by molar-refractivity contribution is -0.136. The van der Waals surface area contributed by atoms with Crippen LogP contribution < -0.4 is 0 Å². The molecule has 2 aromatic rings. The van der Waals surface area contributed by atoms with E-state index in [-0.39, 0.29) is 23.6 Å². The van der Waals surface area contributed by atoms with Gasteiger partial charge in [0.2, 0.25) is 5.91 Å². The lowest BCUT2D eigenvalue weighted by atomic mass is 10.1. The minimum Gasteiger partial charge on any atom is -0.451 e. The number of likely N-dealkylation sites (tertiary alicyclic amines) is 1. The van der Waals surface area contributed by atoms with Crippen LogP contribution in [0.2, 0.25) is 5.02 Å². The largest absolute Gasteiger partial charge is 0.451 e. The second kappa shape index (κ2) is 5.59. The van der Waals surface area contributed by atoms with Crippen LogP contribution in [0, 0.1) is 0 Å². The minimum atomic E-state index is -0.634. The fourth-order valence-electron chi connectivity index (χ4n) is 4.43. The molecule has 3 aliphatic heterocycles. The monoisotopic (exact) mass is 372 g/mol. The molecule has 134 valence electrons. The Bertz CT molecular complexity index is 910. The molecular formula is C19H17ClN2O4. The van der Waals surface area contributed by atoms with Gasteiger partial charge in [0, 0.05) is 25.1 Å². The molecule has 0 unspecified atom stereocenters. The molecule has 7 heteroatoms. The number of nitrogens with zero attached hydrogens (tertiary/aromatic N) is 2. The molecule has 0 radical (unpaired) electrons. The highest BCUT2D eigenvalue weighted by Gasteiger charge is 2.63. The third-order valence-electron chi connectivity index (χ3n) is 5.62. The molecule has 0 bridgehead atoms. The van der Waals surface area contributed by atoms with E-state index in [1.165, 1.54) is 0 Å². The van der Waals surface area contributed by atoms with Crippen LogP contribution in [0.3, 0.4) is 0 Å². The van der Waals surface area contributed by atoms with Gasteiger partial charge in [0.25, 0.3) is 5.91 Å². The molecular weight excluding hydrogens is 356 g/mol. The lowest BCUT2D eigenvalue weighted by Gasteiger charge is -2.31. The van der Waals surface area contributed by atoms with Crippen LogP contribution in [0.15, 0.2) is 40.8 Å². The zero-order chi connectivity index (χ0) is 17.9. The summed E-state index contributed by atoms with van der Waals surface area (Å²) in [5.41, 5.74) is 0.109. The van der Waals surface area contributed by atoms with Crippen LogP contribution in [0.4, 0.5) is 0 Å². The molecule has 26 heavy (non-hydrogen) atoms. The molecule has 1 aromatic carbocycles. The fourth-order valence-corrected chi connectivity index (χ4v) is 4.66. The SMILES string of the molecule is O=C(c1ccc(-c2ccccc2Cl)o1)N1CC[C@@]23OCCN2C(=O)C[C@@H]13. The number of carbonyl (C=O) groups is 2. The van der Waals surface area contributed by atoms with E-state index < -0.39 is 5.72 Å². The quantitative estimate of drug-likeness (QED) is 0.813. The van der Waals surface area contributed by atoms with Gasteiger partial charge in [-0.3, -0.25) is 9.59 Å². The van der Waals surface area contributed by atoms with Crippen LogP contribution in [0.1, 0.15) is 23.4 Å².